The molecule has 1 N–H and O–H groups in total. The van der Waals surface area contributed by atoms with E-state index in [0.717, 1.165) is 6.07 Å². The lowest BCUT2D eigenvalue weighted by Gasteiger charge is -2.14. The second-order valence-electron chi connectivity index (χ2n) is 4.57. The highest BCUT2D eigenvalue weighted by atomic mass is 19.2. The first-order valence-corrected chi connectivity index (χ1v) is 6.68. The van der Waals surface area contributed by atoms with Crippen molar-refractivity contribution >= 4 is 10.8 Å². The monoisotopic (exact) mass is 294 g/mol. The van der Waals surface area contributed by atoms with Crippen LogP contribution in [-0.2, 0) is 0 Å². The van der Waals surface area contributed by atoms with Crippen molar-refractivity contribution in [2.75, 3.05) is 0 Å². The fourth-order valence-corrected chi connectivity index (χ4v) is 2.13. The summed E-state index contributed by atoms with van der Waals surface area (Å²) in [6, 6.07) is 2.42. The highest BCUT2D eigenvalue weighted by molar-refractivity contribution is 5.93. The lowest BCUT2D eigenvalue weighted by atomic mass is 9.91. The van der Waals surface area contributed by atoms with Crippen molar-refractivity contribution in [2.45, 2.75) is 33.6 Å². The number of halogens is 3. The maximum Gasteiger partial charge on any atom is 0.196 e. The van der Waals surface area contributed by atoms with Crippen LogP contribution in [0.5, 0.6) is 5.75 Å². The van der Waals surface area contributed by atoms with Gasteiger partial charge < -0.3 is 5.11 Å². The minimum absolute atomic E-state index is 0.131. The average Bonchev–Trinajstić information content (AvgIpc) is 2.47. The van der Waals surface area contributed by atoms with Crippen molar-refractivity contribution in [2.24, 2.45) is 0 Å². The zero-order chi connectivity index (χ0) is 16.3. The first-order valence-electron chi connectivity index (χ1n) is 6.68. The molecule has 0 saturated heterocycles. The van der Waals surface area contributed by atoms with Gasteiger partial charge in [-0.1, -0.05) is 33.6 Å². The Balaban J connectivity index is 0.00000106. The van der Waals surface area contributed by atoms with E-state index in [-0.39, 0.29) is 28.0 Å². The molecule has 2 aromatic carbocycles. The lowest BCUT2D eigenvalue weighted by molar-refractivity contribution is 0.450. The lowest BCUT2D eigenvalue weighted by Crippen LogP contribution is -2.01. The number of benzene rings is 2. The van der Waals surface area contributed by atoms with Crippen molar-refractivity contribution in [1.82, 2.24) is 0 Å². The molecule has 0 fully saturated rings. The fourth-order valence-electron chi connectivity index (χ4n) is 2.13. The van der Waals surface area contributed by atoms with Crippen molar-refractivity contribution in [3.63, 3.8) is 0 Å². The molecule has 2 rings (SSSR count). The number of terminal acetylenes is 1. The van der Waals surface area contributed by atoms with Gasteiger partial charge in [-0.2, -0.15) is 0 Å². The van der Waals surface area contributed by atoms with Crippen molar-refractivity contribution in [3.05, 3.63) is 40.7 Å². The summed E-state index contributed by atoms with van der Waals surface area (Å²) in [5, 5.41) is 9.49. The molecule has 0 aliphatic carbocycles. The Bertz CT molecular complexity index is 713. The van der Waals surface area contributed by atoms with Crippen molar-refractivity contribution < 1.29 is 18.3 Å². The number of phenolic OH excluding ortho intramolecular Hbond substituents is 1. The van der Waals surface area contributed by atoms with Gasteiger partial charge >= 0.3 is 0 Å². The number of phenols is 1. The zero-order valence-electron chi connectivity index (χ0n) is 12.4. The van der Waals surface area contributed by atoms with Gasteiger partial charge in [-0.05, 0) is 23.6 Å². The molecule has 1 nitrogen and oxygen atoms in total. The zero-order valence-corrected chi connectivity index (χ0v) is 12.4. The molecule has 4 heteroatoms. The number of hydrogen-bond acceptors (Lipinski definition) is 1. The summed E-state index contributed by atoms with van der Waals surface area (Å²) in [5.41, 5.74) is 0.151. The van der Waals surface area contributed by atoms with Crippen molar-refractivity contribution in [1.29, 1.82) is 0 Å². The van der Waals surface area contributed by atoms with Crippen LogP contribution in [0.15, 0.2) is 12.1 Å². The molecular formula is C17H17F3O. The third kappa shape index (κ3) is 2.82. The topological polar surface area (TPSA) is 20.2 Å². The third-order valence-corrected chi connectivity index (χ3v) is 3.01. The van der Waals surface area contributed by atoms with Crippen molar-refractivity contribution in [3.8, 4) is 18.1 Å². The molecule has 0 unspecified atom stereocenters. The molecule has 2 aromatic rings. The SMILES string of the molecule is C#Cc1c(F)c(F)c(F)c2cc(O)cc(C(C)C)c12.CC. The third-order valence-electron chi connectivity index (χ3n) is 3.01. The molecule has 0 amide bonds. The van der Waals surface area contributed by atoms with Gasteiger partial charge in [0.1, 0.15) is 5.75 Å². The van der Waals surface area contributed by atoms with Gasteiger partial charge in [0.05, 0.1) is 5.56 Å². The van der Waals surface area contributed by atoms with Crippen LogP contribution in [0.2, 0.25) is 0 Å². The van der Waals surface area contributed by atoms with E-state index in [2.05, 4.69) is 5.92 Å². The van der Waals surface area contributed by atoms with Crippen LogP contribution in [0.4, 0.5) is 13.2 Å². The molecule has 0 heterocycles. The van der Waals surface area contributed by atoms with E-state index in [4.69, 9.17) is 6.42 Å². The molecule has 0 spiro atoms. The highest BCUT2D eigenvalue weighted by Crippen LogP contribution is 2.36. The second-order valence-corrected chi connectivity index (χ2v) is 4.57. The van der Waals surface area contributed by atoms with Gasteiger partial charge in [0.2, 0.25) is 0 Å². The normalized spacial score (nSPS) is 10.2. The smallest absolute Gasteiger partial charge is 0.196 e. The van der Waals surface area contributed by atoms with Gasteiger partial charge in [0.15, 0.2) is 17.5 Å². The van der Waals surface area contributed by atoms with E-state index >= 15 is 0 Å². The Hall–Kier alpha value is -2.15. The Morgan fingerprint density at radius 1 is 1.05 bits per heavy atom. The van der Waals surface area contributed by atoms with E-state index in [0.29, 0.717) is 5.56 Å². The van der Waals surface area contributed by atoms with Crippen LogP contribution in [-0.4, -0.2) is 5.11 Å². The van der Waals surface area contributed by atoms with Crippen LogP contribution in [0.25, 0.3) is 10.8 Å². The van der Waals surface area contributed by atoms with E-state index in [1.807, 2.05) is 13.8 Å². The summed E-state index contributed by atoms with van der Waals surface area (Å²) in [4.78, 5) is 0. The molecule has 0 radical (unpaired) electrons. The predicted molar refractivity (Wildman–Crippen MR) is 78.9 cm³/mol. The molecule has 0 atom stereocenters. The van der Waals surface area contributed by atoms with Gasteiger partial charge in [-0.3, -0.25) is 0 Å². The Labute approximate surface area is 122 Å². The summed E-state index contributed by atoms with van der Waals surface area (Å²) in [5.74, 6) is -2.64. The van der Waals surface area contributed by atoms with E-state index < -0.39 is 17.5 Å². The quantitative estimate of drug-likeness (QED) is 0.573. The van der Waals surface area contributed by atoms with E-state index in [1.165, 1.54) is 6.07 Å². The molecule has 21 heavy (non-hydrogen) atoms. The second kappa shape index (κ2) is 6.53. The maximum atomic E-state index is 13.8. The van der Waals surface area contributed by atoms with Gasteiger partial charge in [-0.15, -0.1) is 6.42 Å². The Morgan fingerprint density at radius 3 is 2.10 bits per heavy atom. The van der Waals surface area contributed by atoms with Crippen LogP contribution >= 0.6 is 0 Å². The predicted octanol–water partition coefficient (Wildman–Crippen LogP) is 5.09. The highest BCUT2D eigenvalue weighted by Gasteiger charge is 2.22. The summed E-state index contributed by atoms with van der Waals surface area (Å²) in [6.07, 6.45) is 5.20. The standard InChI is InChI=1S/C15H11F3O.C2H6/c1-4-9-12-10(7(2)3)5-8(19)6-11(12)14(17)15(18)13(9)16;1-2/h1,5-7,19H,2-3H3;1-2H3. The minimum atomic E-state index is -1.62. The van der Waals surface area contributed by atoms with E-state index in [1.54, 1.807) is 13.8 Å². The number of aromatic hydroxyl groups is 1. The van der Waals surface area contributed by atoms with Crippen LogP contribution in [0.1, 0.15) is 44.7 Å². The minimum Gasteiger partial charge on any atom is -0.508 e. The number of hydrogen-bond donors (Lipinski definition) is 1. The molecule has 0 bridgehead atoms. The summed E-state index contributed by atoms with van der Waals surface area (Å²) in [6.45, 7) is 7.57. The number of fused-ring (bicyclic) bond motifs is 1. The van der Waals surface area contributed by atoms with Gasteiger partial charge in [0.25, 0.3) is 0 Å². The maximum absolute atomic E-state index is 13.8. The van der Waals surface area contributed by atoms with Crippen LogP contribution < -0.4 is 0 Å². The first-order chi connectivity index (χ1) is 9.88. The average molecular weight is 294 g/mol. The molecule has 0 aliphatic heterocycles. The Kier molecular flexibility index (Phi) is 5.26. The Morgan fingerprint density at radius 2 is 1.62 bits per heavy atom. The van der Waals surface area contributed by atoms with Crippen LogP contribution in [0.3, 0.4) is 0 Å². The largest absolute Gasteiger partial charge is 0.508 e. The van der Waals surface area contributed by atoms with Gasteiger partial charge in [-0.25, -0.2) is 13.2 Å². The molecule has 0 aromatic heterocycles. The van der Waals surface area contributed by atoms with E-state index in [9.17, 15) is 18.3 Å². The molecule has 0 aliphatic rings. The fraction of sp³-hybridized carbons (Fsp3) is 0.294. The summed E-state index contributed by atoms with van der Waals surface area (Å²) in [7, 11) is 0. The van der Waals surface area contributed by atoms with Crippen LogP contribution in [0, 0.1) is 29.8 Å². The first kappa shape index (κ1) is 16.9. The molecule has 0 saturated carbocycles. The summed E-state index contributed by atoms with van der Waals surface area (Å²) < 4.78 is 41.0. The number of rotatable bonds is 1. The summed E-state index contributed by atoms with van der Waals surface area (Å²) >= 11 is 0. The van der Waals surface area contributed by atoms with Gasteiger partial charge in [0, 0.05) is 10.8 Å². The molecular weight excluding hydrogens is 277 g/mol. The molecule has 112 valence electrons.